The highest BCUT2D eigenvalue weighted by molar-refractivity contribution is 5.84. The highest BCUT2D eigenvalue weighted by atomic mass is 16.2. The van der Waals surface area contributed by atoms with Crippen molar-refractivity contribution in [1.29, 1.82) is 0 Å². The standard InChI is InChI=1S/C17H29N5O/c1-21-13-4-15(5-14-21)3-9-19-16(23)17(6-10-18-11-7-17)22-12-2-8-20-22/h2,8,12,15,18H,3-7,9-11,13-14H2,1H3,(H,19,23). The second-order valence-corrected chi connectivity index (χ2v) is 7.02. The van der Waals surface area contributed by atoms with E-state index in [1.807, 2.05) is 16.9 Å². The summed E-state index contributed by atoms with van der Waals surface area (Å²) < 4.78 is 1.86. The van der Waals surface area contributed by atoms with Gasteiger partial charge < -0.3 is 15.5 Å². The van der Waals surface area contributed by atoms with Crippen molar-refractivity contribution in [2.45, 2.75) is 37.6 Å². The molecule has 0 radical (unpaired) electrons. The van der Waals surface area contributed by atoms with Crippen LogP contribution in [0.4, 0.5) is 0 Å². The average Bonchev–Trinajstić information content (AvgIpc) is 3.12. The van der Waals surface area contributed by atoms with Crippen LogP contribution >= 0.6 is 0 Å². The van der Waals surface area contributed by atoms with Gasteiger partial charge in [0, 0.05) is 18.9 Å². The van der Waals surface area contributed by atoms with Crippen molar-refractivity contribution in [3.63, 3.8) is 0 Å². The fourth-order valence-electron chi connectivity index (χ4n) is 3.83. The summed E-state index contributed by atoms with van der Waals surface area (Å²) in [5.74, 6) is 0.885. The molecule has 23 heavy (non-hydrogen) atoms. The maximum absolute atomic E-state index is 12.9. The Morgan fingerprint density at radius 3 is 2.74 bits per heavy atom. The average molecular weight is 319 g/mol. The summed E-state index contributed by atoms with van der Waals surface area (Å²) in [4.78, 5) is 15.3. The second kappa shape index (κ2) is 7.45. The lowest BCUT2D eigenvalue weighted by molar-refractivity contribution is -0.132. The van der Waals surface area contributed by atoms with Crippen molar-refractivity contribution in [1.82, 2.24) is 25.3 Å². The molecule has 0 atom stereocenters. The fraction of sp³-hybridized carbons (Fsp3) is 0.765. The summed E-state index contributed by atoms with van der Waals surface area (Å²) in [5.41, 5.74) is -0.512. The normalized spacial score (nSPS) is 22.8. The van der Waals surface area contributed by atoms with Crippen LogP contribution in [0.25, 0.3) is 0 Å². The molecule has 0 bridgehead atoms. The van der Waals surface area contributed by atoms with Crippen molar-refractivity contribution in [3.8, 4) is 0 Å². The summed E-state index contributed by atoms with van der Waals surface area (Å²) in [6, 6.07) is 1.90. The van der Waals surface area contributed by atoms with Crippen molar-refractivity contribution < 1.29 is 4.79 Å². The summed E-state index contributed by atoms with van der Waals surface area (Å²) in [7, 11) is 2.18. The first-order valence-corrected chi connectivity index (χ1v) is 8.88. The van der Waals surface area contributed by atoms with Crippen molar-refractivity contribution >= 4 is 5.91 Å². The number of rotatable bonds is 5. The predicted molar refractivity (Wildman–Crippen MR) is 90.2 cm³/mol. The number of likely N-dealkylation sites (tertiary alicyclic amines) is 1. The van der Waals surface area contributed by atoms with Crippen LogP contribution in [0.15, 0.2) is 18.5 Å². The van der Waals surface area contributed by atoms with Gasteiger partial charge in [-0.1, -0.05) is 0 Å². The maximum Gasteiger partial charge on any atom is 0.248 e. The monoisotopic (exact) mass is 319 g/mol. The minimum absolute atomic E-state index is 0.135. The van der Waals surface area contributed by atoms with Gasteiger partial charge in [-0.3, -0.25) is 9.48 Å². The largest absolute Gasteiger partial charge is 0.354 e. The maximum atomic E-state index is 12.9. The Labute approximate surface area is 138 Å². The summed E-state index contributed by atoms with van der Waals surface area (Å²) in [6.07, 6.45) is 8.87. The quantitative estimate of drug-likeness (QED) is 0.843. The van der Waals surface area contributed by atoms with E-state index in [2.05, 4.69) is 27.7 Å². The Morgan fingerprint density at radius 1 is 1.35 bits per heavy atom. The Bertz CT molecular complexity index is 487. The van der Waals surface area contributed by atoms with Crippen molar-refractivity contribution in [2.24, 2.45) is 5.92 Å². The van der Waals surface area contributed by atoms with Gasteiger partial charge in [0.2, 0.25) is 5.91 Å². The lowest BCUT2D eigenvalue weighted by Gasteiger charge is -2.36. The number of nitrogens with one attached hydrogen (secondary N) is 2. The second-order valence-electron chi connectivity index (χ2n) is 7.02. The van der Waals surface area contributed by atoms with Crippen molar-refractivity contribution in [3.05, 3.63) is 18.5 Å². The topological polar surface area (TPSA) is 62.2 Å². The Hall–Kier alpha value is -1.40. The SMILES string of the molecule is CN1CCC(CCNC(=O)C2(n3cccn3)CCNCC2)CC1. The molecule has 2 aliphatic rings. The molecule has 6 nitrogen and oxygen atoms in total. The molecule has 2 N–H and O–H groups in total. The number of aromatic nitrogens is 2. The van der Waals surface area contributed by atoms with Gasteiger partial charge in [0.25, 0.3) is 0 Å². The molecule has 0 spiro atoms. The van der Waals surface area contributed by atoms with Gasteiger partial charge in [-0.05, 0) is 77.3 Å². The van der Waals surface area contributed by atoms with Crippen LogP contribution in [0, 0.1) is 5.92 Å². The molecule has 3 heterocycles. The number of hydrogen-bond donors (Lipinski definition) is 2. The van der Waals surface area contributed by atoms with E-state index in [4.69, 9.17) is 0 Å². The fourth-order valence-corrected chi connectivity index (χ4v) is 3.83. The van der Waals surface area contributed by atoms with Crippen LogP contribution in [-0.2, 0) is 10.3 Å². The van der Waals surface area contributed by atoms with Gasteiger partial charge in [-0.2, -0.15) is 5.10 Å². The minimum atomic E-state index is -0.512. The molecule has 2 saturated heterocycles. The molecule has 1 aromatic rings. The molecule has 1 amide bonds. The van der Waals surface area contributed by atoms with Gasteiger partial charge in [-0.15, -0.1) is 0 Å². The van der Waals surface area contributed by atoms with Gasteiger partial charge in [-0.25, -0.2) is 0 Å². The molecule has 3 rings (SSSR count). The zero-order valence-corrected chi connectivity index (χ0v) is 14.1. The van der Waals surface area contributed by atoms with E-state index in [1.54, 1.807) is 6.20 Å². The van der Waals surface area contributed by atoms with E-state index in [-0.39, 0.29) is 5.91 Å². The summed E-state index contributed by atoms with van der Waals surface area (Å²) >= 11 is 0. The van der Waals surface area contributed by atoms with Crippen LogP contribution < -0.4 is 10.6 Å². The Morgan fingerprint density at radius 2 is 2.09 bits per heavy atom. The number of carbonyl (C=O) groups excluding carboxylic acids is 1. The molecule has 6 heteroatoms. The first-order chi connectivity index (χ1) is 11.2. The van der Waals surface area contributed by atoms with Crippen molar-refractivity contribution in [2.75, 3.05) is 39.8 Å². The van der Waals surface area contributed by atoms with Crippen LogP contribution in [0.3, 0.4) is 0 Å². The molecular weight excluding hydrogens is 290 g/mol. The van der Waals surface area contributed by atoms with Crippen LogP contribution in [0.1, 0.15) is 32.1 Å². The van der Waals surface area contributed by atoms with E-state index < -0.39 is 5.54 Å². The zero-order valence-electron chi connectivity index (χ0n) is 14.1. The molecule has 1 aromatic heterocycles. The molecule has 0 aromatic carbocycles. The number of nitrogens with zero attached hydrogens (tertiary/aromatic N) is 3. The minimum Gasteiger partial charge on any atom is -0.354 e. The van der Waals surface area contributed by atoms with Gasteiger partial charge >= 0.3 is 0 Å². The molecule has 0 aliphatic carbocycles. The van der Waals surface area contributed by atoms with Gasteiger partial charge in [0.05, 0.1) is 0 Å². The number of piperidine rings is 2. The Kier molecular flexibility index (Phi) is 5.33. The van der Waals surface area contributed by atoms with E-state index in [1.165, 1.54) is 25.9 Å². The first-order valence-electron chi connectivity index (χ1n) is 8.88. The van der Waals surface area contributed by atoms with Crippen LogP contribution in [0.2, 0.25) is 0 Å². The van der Waals surface area contributed by atoms with Crippen LogP contribution in [-0.4, -0.2) is 60.4 Å². The molecule has 0 saturated carbocycles. The number of amides is 1. The third-order valence-electron chi connectivity index (χ3n) is 5.47. The lowest BCUT2D eigenvalue weighted by atomic mass is 9.87. The van der Waals surface area contributed by atoms with Gasteiger partial charge in [0.1, 0.15) is 5.54 Å². The number of carbonyl (C=O) groups is 1. The van der Waals surface area contributed by atoms with E-state index >= 15 is 0 Å². The van der Waals surface area contributed by atoms with Gasteiger partial charge in [0.15, 0.2) is 0 Å². The molecular formula is C17H29N5O. The molecule has 2 fully saturated rings. The third-order valence-corrected chi connectivity index (χ3v) is 5.47. The van der Waals surface area contributed by atoms with E-state index in [0.29, 0.717) is 0 Å². The third kappa shape index (κ3) is 3.75. The summed E-state index contributed by atoms with van der Waals surface area (Å²) in [5, 5.41) is 10.9. The lowest BCUT2D eigenvalue weighted by Crippen LogP contribution is -2.54. The van der Waals surface area contributed by atoms with E-state index in [0.717, 1.165) is 44.8 Å². The first kappa shape index (κ1) is 16.5. The van der Waals surface area contributed by atoms with E-state index in [9.17, 15) is 4.79 Å². The predicted octanol–water partition coefficient (Wildman–Crippen LogP) is 0.810. The molecule has 2 aliphatic heterocycles. The van der Waals surface area contributed by atoms with Crippen LogP contribution in [0.5, 0.6) is 0 Å². The highest BCUT2D eigenvalue weighted by Gasteiger charge is 2.41. The smallest absolute Gasteiger partial charge is 0.248 e. The Balaban J connectivity index is 1.55. The molecule has 0 unspecified atom stereocenters. The number of hydrogen-bond acceptors (Lipinski definition) is 4. The summed E-state index contributed by atoms with van der Waals surface area (Å²) in [6.45, 7) is 4.87. The zero-order chi connectivity index (χ0) is 16.1. The molecule has 128 valence electrons. The highest BCUT2D eigenvalue weighted by Crippen LogP contribution is 2.27.